The molecule has 1 heterocycles. The number of likely N-dealkylation sites (tertiary alicyclic amines) is 1. The van der Waals surface area contributed by atoms with Crippen LogP contribution >= 0.6 is 0 Å². The molecule has 0 aromatic heterocycles. The lowest BCUT2D eigenvalue weighted by Gasteiger charge is -2.27. The number of amides is 2. The molecule has 2 amide bonds. The van der Waals surface area contributed by atoms with E-state index in [1.807, 2.05) is 6.07 Å². The van der Waals surface area contributed by atoms with Gasteiger partial charge >= 0.3 is 12.0 Å². The molecule has 1 fully saturated rings. The maximum absolute atomic E-state index is 12.5. The van der Waals surface area contributed by atoms with Crippen LogP contribution in [0.15, 0.2) is 30.3 Å². The highest BCUT2D eigenvalue weighted by Crippen LogP contribution is 2.20. The molecule has 6 nitrogen and oxygen atoms in total. The molecular formula is C14H19N3O3. The third kappa shape index (κ3) is 3.27. The van der Waals surface area contributed by atoms with Crippen molar-refractivity contribution in [2.24, 2.45) is 11.7 Å². The van der Waals surface area contributed by atoms with Crippen LogP contribution in [0.1, 0.15) is 6.42 Å². The fourth-order valence-electron chi connectivity index (χ4n) is 2.38. The fourth-order valence-corrected chi connectivity index (χ4v) is 2.38. The Labute approximate surface area is 117 Å². The minimum atomic E-state index is -1.03. The molecule has 0 bridgehead atoms. The van der Waals surface area contributed by atoms with Crippen molar-refractivity contribution in [3.05, 3.63) is 30.3 Å². The van der Waals surface area contributed by atoms with Crippen molar-refractivity contribution in [1.29, 1.82) is 0 Å². The van der Waals surface area contributed by atoms with E-state index in [0.717, 1.165) is 6.42 Å². The summed E-state index contributed by atoms with van der Waals surface area (Å²) in [6.45, 7) is 1.43. The van der Waals surface area contributed by atoms with Crippen molar-refractivity contribution >= 4 is 17.7 Å². The molecular weight excluding hydrogens is 258 g/mol. The molecule has 1 aliphatic heterocycles. The van der Waals surface area contributed by atoms with Gasteiger partial charge in [-0.1, -0.05) is 18.2 Å². The van der Waals surface area contributed by atoms with Crippen molar-refractivity contribution in [2.75, 3.05) is 31.1 Å². The number of carboxylic acids is 1. The standard InChI is InChI=1S/C14H19N3O3/c15-8-11-6-7-16(9-11)14(20)17(10-13(18)19)12-4-2-1-3-5-12/h1-5,11H,6-10,15H2,(H,18,19). The van der Waals surface area contributed by atoms with Gasteiger partial charge in [0, 0.05) is 18.8 Å². The van der Waals surface area contributed by atoms with Gasteiger partial charge in [0.2, 0.25) is 0 Å². The topological polar surface area (TPSA) is 86.9 Å². The van der Waals surface area contributed by atoms with E-state index in [4.69, 9.17) is 10.8 Å². The molecule has 3 N–H and O–H groups in total. The lowest BCUT2D eigenvalue weighted by Crippen LogP contribution is -2.45. The van der Waals surface area contributed by atoms with Crippen LogP contribution in [0, 0.1) is 5.92 Å². The summed E-state index contributed by atoms with van der Waals surface area (Å²) in [6, 6.07) is 8.59. The van der Waals surface area contributed by atoms with E-state index in [0.29, 0.717) is 31.2 Å². The van der Waals surface area contributed by atoms with Crippen LogP contribution in [0.25, 0.3) is 0 Å². The maximum atomic E-state index is 12.5. The first-order valence-electron chi connectivity index (χ1n) is 6.65. The van der Waals surface area contributed by atoms with Gasteiger partial charge < -0.3 is 15.7 Å². The Kier molecular flexibility index (Phi) is 4.57. The molecule has 0 saturated carbocycles. The summed E-state index contributed by atoms with van der Waals surface area (Å²) in [5.41, 5.74) is 6.21. The minimum Gasteiger partial charge on any atom is -0.480 e. The van der Waals surface area contributed by atoms with E-state index in [-0.39, 0.29) is 12.6 Å². The summed E-state index contributed by atoms with van der Waals surface area (Å²) in [5.74, 6) is -0.724. The first kappa shape index (κ1) is 14.3. The zero-order valence-corrected chi connectivity index (χ0v) is 11.2. The number of urea groups is 1. The average Bonchev–Trinajstić information content (AvgIpc) is 2.94. The van der Waals surface area contributed by atoms with E-state index < -0.39 is 5.97 Å². The molecule has 1 aliphatic rings. The summed E-state index contributed by atoms with van der Waals surface area (Å²) in [5, 5.41) is 9.00. The Bertz CT molecular complexity index is 478. The Morgan fingerprint density at radius 2 is 2.05 bits per heavy atom. The summed E-state index contributed by atoms with van der Waals surface area (Å²) < 4.78 is 0. The number of aliphatic carboxylic acids is 1. The third-order valence-corrected chi connectivity index (χ3v) is 3.48. The SMILES string of the molecule is NCC1CCN(C(=O)N(CC(=O)O)c2ccccc2)C1. The molecule has 1 saturated heterocycles. The molecule has 6 heteroatoms. The molecule has 1 unspecified atom stereocenters. The molecule has 0 radical (unpaired) electrons. The maximum Gasteiger partial charge on any atom is 0.325 e. The van der Waals surface area contributed by atoms with Crippen molar-refractivity contribution in [1.82, 2.24) is 4.90 Å². The van der Waals surface area contributed by atoms with Crippen molar-refractivity contribution < 1.29 is 14.7 Å². The van der Waals surface area contributed by atoms with Crippen LogP contribution in [0.3, 0.4) is 0 Å². The normalized spacial score (nSPS) is 18.1. The summed E-state index contributed by atoms with van der Waals surface area (Å²) >= 11 is 0. The summed E-state index contributed by atoms with van der Waals surface area (Å²) in [7, 11) is 0. The Morgan fingerprint density at radius 3 is 2.60 bits per heavy atom. The Balaban J connectivity index is 2.15. The van der Waals surface area contributed by atoms with Gasteiger partial charge in [0.05, 0.1) is 0 Å². The first-order chi connectivity index (χ1) is 9.61. The lowest BCUT2D eigenvalue weighted by molar-refractivity contribution is -0.135. The molecule has 1 aromatic rings. The fraction of sp³-hybridized carbons (Fsp3) is 0.429. The van der Waals surface area contributed by atoms with Crippen LogP contribution in [0.2, 0.25) is 0 Å². The molecule has 20 heavy (non-hydrogen) atoms. The van der Waals surface area contributed by atoms with Gasteiger partial charge in [-0.05, 0) is 31.0 Å². The predicted octanol–water partition coefficient (Wildman–Crippen LogP) is 0.978. The number of benzene rings is 1. The van der Waals surface area contributed by atoms with E-state index in [1.165, 1.54) is 4.90 Å². The second-order valence-corrected chi connectivity index (χ2v) is 4.93. The van der Waals surface area contributed by atoms with E-state index in [9.17, 15) is 9.59 Å². The third-order valence-electron chi connectivity index (χ3n) is 3.48. The molecule has 108 valence electrons. The smallest absolute Gasteiger partial charge is 0.325 e. The molecule has 0 spiro atoms. The number of nitrogens with zero attached hydrogens (tertiary/aromatic N) is 2. The van der Waals surface area contributed by atoms with Crippen LogP contribution in [-0.2, 0) is 4.79 Å². The van der Waals surface area contributed by atoms with Gasteiger partial charge in [-0.3, -0.25) is 9.69 Å². The number of rotatable bonds is 4. The van der Waals surface area contributed by atoms with Gasteiger partial charge in [0.15, 0.2) is 0 Å². The number of anilines is 1. The zero-order valence-electron chi connectivity index (χ0n) is 11.2. The van der Waals surface area contributed by atoms with Crippen molar-refractivity contribution in [2.45, 2.75) is 6.42 Å². The van der Waals surface area contributed by atoms with Crippen LogP contribution in [0.5, 0.6) is 0 Å². The largest absolute Gasteiger partial charge is 0.480 e. The minimum absolute atomic E-state index is 0.269. The molecule has 1 atom stereocenters. The number of nitrogens with two attached hydrogens (primary N) is 1. The van der Waals surface area contributed by atoms with E-state index in [1.54, 1.807) is 29.2 Å². The number of para-hydroxylation sites is 1. The zero-order chi connectivity index (χ0) is 14.5. The molecule has 0 aliphatic carbocycles. The Morgan fingerprint density at radius 1 is 1.35 bits per heavy atom. The van der Waals surface area contributed by atoms with Gasteiger partial charge in [0.1, 0.15) is 6.54 Å². The lowest BCUT2D eigenvalue weighted by atomic mass is 10.1. The monoisotopic (exact) mass is 277 g/mol. The van der Waals surface area contributed by atoms with Gasteiger partial charge in [-0.2, -0.15) is 0 Å². The van der Waals surface area contributed by atoms with Gasteiger partial charge in [-0.25, -0.2) is 4.79 Å². The second-order valence-electron chi connectivity index (χ2n) is 4.93. The molecule has 2 rings (SSSR count). The van der Waals surface area contributed by atoms with E-state index in [2.05, 4.69) is 0 Å². The second kappa shape index (κ2) is 6.38. The van der Waals surface area contributed by atoms with Crippen LogP contribution < -0.4 is 10.6 Å². The number of hydrogen-bond acceptors (Lipinski definition) is 3. The quantitative estimate of drug-likeness (QED) is 0.858. The van der Waals surface area contributed by atoms with Crippen molar-refractivity contribution in [3.8, 4) is 0 Å². The number of carbonyl (C=O) groups is 2. The summed E-state index contributed by atoms with van der Waals surface area (Å²) in [4.78, 5) is 26.4. The summed E-state index contributed by atoms with van der Waals surface area (Å²) in [6.07, 6.45) is 0.873. The Hall–Kier alpha value is -2.08. The molecule has 1 aromatic carbocycles. The average molecular weight is 277 g/mol. The highest BCUT2D eigenvalue weighted by atomic mass is 16.4. The first-order valence-corrected chi connectivity index (χ1v) is 6.65. The number of hydrogen-bond donors (Lipinski definition) is 2. The van der Waals surface area contributed by atoms with Crippen LogP contribution in [-0.4, -0.2) is 48.2 Å². The number of carboxylic acid groups (broad SMARTS) is 1. The van der Waals surface area contributed by atoms with Crippen LogP contribution in [0.4, 0.5) is 10.5 Å². The predicted molar refractivity (Wildman–Crippen MR) is 75.6 cm³/mol. The number of carbonyl (C=O) groups excluding carboxylic acids is 1. The van der Waals surface area contributed by atoms with E-state index >= 15 is 0 Å². The highest BCUT2D eigenvalue weighted by molar-refractivity contribution is 5.96. The van der Waals surface area contributed by atoms with Gasteiger partial charge in [0.25, 0.3) is 0 Å². The van der Waals surface area contributed by atoms with Crippen molar-refractivity contribution in [3.63, 3.8) is 0 Å². The highest BCUT2D eigenvalue weighted by Gasteiger charge is 2.30. The van der Waals surface area contributed by atoms with Gasteiger partial charge in [-0.15, -0.1) is 0 Å².